The number of hydrogen-bond donors (Lipinski definition) is 2. The summed E-state index contributed by atoms with van der Waals surface area (Å²) >= 11 is 0. The van der Waals surface area contributed by atoms with E-state index in [-0.39, 0.29) is 23.9 Å². The lowest BCUT2D eigenvalue weighted by atomic mass is 9.82. The molecule has 0 heterocycles. The van der Waals surface area contributed by atoms with Gasteiger partial charge in [-0.2, -0.15) is 0 Å². The summed E-state index contributed by atoms with van der Waals surface area (Å²) in [5.41, 5.74) is 0. The largest absolute Gasteiger partial charge is 0.481 e. The Hall–Kier alpha value is -1.31. The van der Waals surface area contributed by atoms with Gasteiger partial charge in [-0.1, -0.05) is 19.1 Å². The highest BCUT2D eigenvalue weighted by molar-refractivity contribution is 5.71. The summed E-state index contributed by atoms with van der Waals surface area (Å²) in [6.07, 6.45) is 10.5. The minimum atomic E-state index is -0.748. The van der Waals surface area contributed by atoms with Gasteiger partial charge >= 0.3 is 5.97 Å². The molecule has 4 nitrogen and oxygen atoms in total. The van der Waals surface area contributed by atoms with Gasteiger partial charge in [-0.05, 0) is 25.8 Å². The van der Waals surface area contributed by atoms with Crippen molar-refractivity contribution in [2.45, 2.75) is 25.9 Å². The van der Waals surface area contributed by atoms with E-state index >= 15 is 0 Å². The lowest BCUT2D eigenvalue weighted by Gasteiger charge is -2.29. The number of terminal acetylenes is 1. The number of nitrogens with one attached hydrogen (secondary N) is 1. The first-order valence-electron chi connectivity index (χ1n) is 6.72. The van der Waals surface area contributed by atoms with Crippen molar-refractivity contribution in [2.24, 2.45) is 17.8 Å². The summed E-state index contributed by atoms with van der Waals surface area (Å²) in [6, 6.07) is 0. The van der Waals surface area contributed by atoms with Gasteiger partial charge in [-0.3, -0.25) is 4.79 Å². The van der Waals surface area contributed by atoms with Gasteiger partial charge in [0.15, 0.2) is 0 Å². The average molecular weight is 265 g/mol. The third-order valence-electron chi connectivity index (χ3n) is 3.65. The van der Waals surface area contributed by atoms with Crippen LogP contribution in [0.4, 0.5) is 0 Å². The van der Waals surface area contributed by atoms with E-state index in [2.05, 4.69) is 11.2 Å². The molecule has 1 rings (SSSR count). The van der Waals surface area contributed by atoms with Crippen LogP contribution in [0.2, 0.25) is 0 Å². The SMILES string of the molecule is C#CC(CCOC1C=CCC(C(=O)O)C1C)CNC. The molecule has 2 N–H and O–H groups in total. The molecule has 4 heteroatoms. The van der Waals surface area contributed by atoms with E-state index in [9.17, 15) is 4.79 Å². The average Bonchev–Trinajstić information content (AvgIpc) is 2.39. The highest BCUT2D eigenvalue weighted by Crippen LogP contribution is 2.27. The van der Waals surface area contributed by atoms with Gasteiger partial charge in [0.25, 0.3) is 0 Å². The number of carboxylic acid groups (broad SMARTS) is 1. The second-order valence-corrected chi connectivity index (χ2v) is 5.01. The zero-order valence-corrected chi connectivity index (χ0v) is 11.6. The molecule has 106 valence electrons. The quantitative estimate of drug-likeness (QED) is 0.541. The molecule has 0 radical (unpaired) electrons. The first kappa shape index (κ1) is 15.7. The van der Waals surface area contributed by atoms with E-state index in [0.29, 0.717) is 13.0 Å². The molecule has 4 atom stereocenters. The van der Waals surface area contributed by atoms with Gasteiger partial charge in [-0.25, -0.2) is 0 Å². The molecular weight excluding hydrogens is 242 g/mol. The molecule has 19 heavy (non-hydrogen) atoms. The summed E-state index contributed by atoms with van der Waals surface area (Å²) in [5.74, 6) is 1.78. The van der Waals surface area contributed by atoms with Crippen LogP contribution in [0, 0.1) is 30.1 Å². The zero-order valence-electron chi connectivity index (χ0n) is 11.6. The van der Waals surface area contributed by atoms with Crippen LogP contribution in [0.5, 0.6) is 0 Å². The molecule has 0 saturated heterocycles. The van der Waals surface area contributed by atoms with Gasteiger partial charge in [0.1, 0.15) is 0 Å². The fourth-order valence-electron chi connectivity index (χ4n) is 2.35. The Labute approximate surface area is 115 Å². The third kappa shape index (κ3) is 4.70. The van der Waals surface area contributed by atoms with Crippen LogP contribution in [0.3, 0.4) is 0 Å². The molecule has 0 spiro atoms. The fraction of sp³-hybridized carbons (Fsp3) is 0.667. The van der Waals surface area contributed by atoms with E-state index in [4.69, 9.17) is 16.3 Å². The summed E-state index contributed by atoms with van der Waals surface area (Å²) in [4.78, 5) is 11.1. The van der Waals surface area contributed by atoms with Crippen molar-refractivity contribution in [1.29, 1.82) is 0 Å². The molecule has 0 aliphatic heterocycles. The van der Waals surface area contributed by atoms with E-state index in [0.717, 1.165) is 13.0 Å². The molecule has 0 aromatic rings. The maximum absolute atomic E-state index is 11.1. The normalized spacial score (nSPS) is 27.7. The van der Waals surface area contributed by atoms with Gasteiger partial charge in [0.05, 0.1) is 12.0 Å². The van der Waals surface area contributed by atoms with E-state index in [1.54, 1.807) is 0 Å². The number of carboxylic acids is 1. The number of rotatable bonds is 7. The number of aliphatic carboxylic acids is 1. The predicted molar refractivity (Wildman–Crippen MR) is 74.7 cm³/mol. The molecule has 4 unspecified atom stereocenters. The Morgan fingerprint density at radius 1 is 1.68 bits per heavy atom. The highest BCUT2D eigenvalue weighted by atomic mass is 16.5. The minimum Gasteiger partial charge on any atom is -0.481 e. The summed E-state index contributed by atoms with van der Waals surface area (Å²) in [7, 11) is 1.87. The van der Waals surface area contributed by atoms with Gasteiger partial charge in [0, 0.05) is 19.1 Å². The lowest BCUT2D eigenvalue weighted by molar-refractivity contribution is -0.145. The highest BCUT2D eigenvalue weighted by Gasteiger charge is 2.32. The summed E-state index contributed by atoms with van der Waals surface area (Å²) in [6.45, 7) is 3.26. The van der Waals surface area contributed by atoms with Crippen molar-refractivity contribution < 1.29 is 14.6 Å². The predicted octanol–water partition coefficient (Wildman–Crippen LogP) is 1.53. The maximum atomic E-state index is 11.1. The number of carbonyl (C=O) groups is 1. The Morgan fingerprint density at radius 3 is 3.00 bits per heavy atom. The number of allylic oxidation sites excluding steroid dienone is 1. The Kier molecular flexibility index (Phi) is 6.61. The first-order chi connectivity index (χ1) is 9.10. The van der Waals surface area contributed by atoms with Crippen molar-refractivity contribution in [2.75, 3.05) is 20.2 Å². The maximum Gasteiger partial charge on any atom is 0.307 e. The Balaban J connectivity index is 2.41. The Bertz CT molecular complexity index is 359. The van der Waals surface area contributed by atoms with Gasteiger partial charge in [-0.15, -0.1) is 12.3 Å². The Morgan fingerprint density at radius 2 is 2.42 bits per heavy atom. The minimum absolute atomic E-state index is 0.00362. The van der Waals surface area contributed by atoms with E-state index < -0.39 is 5.97 Å². The zero-order chi connectivity index (χ0) is 14.3. The molecule has 0 aromatic heterocycles. The van der Waals surface area contributed by atoms with E-state index in [1.807, 2.05) is 26.1 Å². The molecule has 0 fully saturated rings. The number of ether oxygens (including phenoxy) is 1. The molecule has 1 aliphatic carbocycles. The second kappa shape index (κ2) is 7.98. The molecule has 0 saturated carbocycles. The van der Waals surface area contributed by atoms with Crippen molar-refractivity contribution in [3.05, 3.63) is 12.2 Å². The second-order valence-electron chi connectivity index (χ2n) is 5.01. The molecule has 0 bridgehead atoms. The molecular formula is C15H23NO3. The van der Waals surface area contributed by atoms with Crippen LogP contribution in [0.25, 0.3) is 0 Å². The van der Waals surface area contributed by atoms with Crippen LogP contribution >= 0.6 is 0 Å². The van der Waals surface area contributed by atoms with Crippen molar-refractivity contribution in [1.82, 2.24) is 5.32 Å². The number of hydrogen-bond acceptors (Lipinski definition) is 3. The van der Waals surface area contributed by atoms with Crippen LogP contribution in [-0.2, 0) is 9.53 Å². The van der Waals surface area contributed by atoms with Crippen LogP contribution in [-0.4, -0.2) is 37.4 Å². The van der Waals surface area contributed by atoms with Crippen LogP contribution in [0.1, 0.15) is 19.8 Å². The summed E-state index contributed by atoms with van der Waals surface area (Å²) < 4.78 is 5.78. The first-order valence-corrected chi connectivity index (χ1v) is 6.72. The van der Waals surface area contributed by atoms with Crippen molar-refractivity contribution in [3.63, 3.8) is 0 Å². The molecule has 0 aromatic carbocycles. The molecule has 0 amide bonds. The van der Waals surface area contributed by atoms with Crippen LogP contribution in [0.15, 0.2) is 12.2 Å². The topological polar surface area (TPSA) is 58.6 Å². The molecule has 1 aliphatic rings. The lowest BCUT2D eigenvalue weighted by Crippen LogP contribution is -2.34. The van der Waals surface area contributed by atoms with Crippen LogP contribution < -0.4 is 5.32 Å². The monoisotopic (exact) mass is 265 g/mol. The smallest absolute Gasteiger partial charge is 0.307 e. The van der Waals surface area contributed by atoms with E-state index in [1.165, 1.54) is 0 Å². The van der Waals surface area contributed by atoms with Gasteiger partial charge < -0.3 is 15.2 Å². The fourth-order valence-corrected chi connectivity index (χ4v) is 2.35. The third-order valence-corrected chi connectivity index (χ3v) is 3.65. The van der Waals surface area contributed by atoms with Crippen molar-refractivity contribution >= 4 is 5.97 Å². The standard InChI is InChI=1S/C15H23NO3/c1-4-12(10-16-3)8-9-19-14-7-5-6-13(11(14)2)15(17)18/h1,5,7,11-14,16H,6,8-10H2,2-3H3,(H,17,18). The van der Waals surface area contributed by atoms with Crippen molar-refractivity contribution in [3.8, 4) is 12.3 Å². The van der Waals surface area contributed by atoms with Gasteiger partial charge in [0.2, 0.25) is 0 Å². The summed E-state index contributed by atoms with van der Waals surface area (Å²) in [5, 5.41) is 12.2.